The second kappa shape index (κ2) is 3.43. The Hall–Kier alpha value is -0.760. The molecule has 2 rings (SSSR count). The van der Waals surface area contributed by atoms with E-state index in [-0.39, 0.29) is 0 Å². The van der Waals surface area contributed by atoms with Crippen molar-refractivity contribution in [1.82, 2.24) is 4.57 Å². The number of nitrogens with two attached hydrogens (primary N) is 1. The van der Waals surface area contributed by atoms with Gasteiger partial charge in [0.2, 0.25) is 0 Å². The lowest BCUT2D eigenvalue weighted by molar-refractivity contribution is 0.496. The van der Waals surface area contributed by atoms with Crippen molar-refractivity contribution < 1.29 is 0 Å². The summed E-state index contributed by atoms with van der Waals surface area (Å²) < 4.78 is 2.30. The lowest BCUT2D eigenvalue weighted by atomic mass is 9.95. The van der Waals surface area contributed by atoms with Gasteiger partial charge in [0.15, 0.2) is 0 Å². The molecule has 0 bridgehead atoms. The molecule has 0 fully saturated rings. The minimum Gasteiger partial charge on any atom is -0.351 e. The van der Waals surface area contributed by atoms with Crippen LogP contribution in [0.3, 0.4) is 0 Å². The molecule has 0 aromatic carbocycles. The molecule has 2 N–H and O–H groups in total. The van der Waals surface area contributed by atoms with Crippen molar-refractivity contribution in [1.29, 1.82) is 0 Å². The van der Waals surface area contributed by atoms with E-state index in [1.807, 2.05) is 0 Å². The van der Waals surface area contributed by atoms with E-state index in [0.717, 1.165) is 12.5 Å². The van der Waals surface area contributed by atoms with Crippen molar-refractivity contribution in [2.75, 3.05) is 6.54 Å². The second-order valence-electron chi connectivity index (χ2n) is 4.80. The third-order valence-electron chi connectivity index (χ3n) is 3.44. The first-order valence-corrected chi connectivity index (χ1v) is 5.53. The first-order valence-electron chi connectivity index (χ1n) is 5.53. The fourth-order valence-corrected chi connectivity index (χ4v) is 2.49. The zero-order valence-corrected chi connectivity index (χ0v) is 9.33. The fraction of sp³-hybridized carbons (Fsp3) is 0.667. The van der Waals surface area contributed by atoms with Crippen molar-refractivity contribution in [3.63, 3.8) is 0 Å². The molecule has 1 aliphatic rings. The minimum absolute atomic E-state index is 0.564. The minimum atomic E-state index is 0.564. The zero-order valence-electron chi connectivity index (χ0n) is 9.33. The summed E-state index contributed by atoms with van der Waals surface area (Å²) in [5.41, 5.74) is 8.82. The second-order valence-corrected chi connectivity index (χ2v) is 4.80. The van der Waals surface area contributed by atoms with Crippen LogP contribution in [0.1, 0.15) is 43.9 Å². The molecule has 14 heavy (non-hydrogen) atoms. The van der Waals surface area contributed by atoms with Crippen molar-refractivity contribution in [2.45, 2.75) is 39.2 Å². The van der Waals surface area contributed by atoms with Gasteiger partial charge >= 0.3 is 0 Å². The van der Waals surface area contributed by atoms with E-state index in [9.17, 15) is 0 Å². The van der Waals surface area contributed by atoms with Crippen LogP contribution in [-0.4, -0.2) is 11.1 Å². The van der Waals surface area contributed by atoms with Gasteiger partial charge in [0.25, 0.3) is 0 Å². The van der Waals surface area contributed by atoms with Crippen LogP contribution in [0.15, 0.2) is 12.4 Å². The number of fused-ring (bicyclic) bond motifs is 1. The zero-order chi connectivity index (χ0) is 10.3. The summed E-state index contributed by atoms with van der Waals surface area (Å²) in [6.45, 7) is 7.53. The van der Waals surface area contributed by atoms with Gasteiger partial charge in [-0.2, -0.15) is 0 Å². The Labute approximate surface area is 86.1 Å². The highest BCUT2D eigenvalue weighted by Gasteiger charge is 2.29. The molecular weight excluding hydrogens is 172 g/mol. The molecule has 0 saturated heterocycles. The number of hydrogen-bond acceptors (Lipinski definition) is 1. The van der Waals surface area contributed by atoms with Gasteiger partial charge in [0.05, 0.1) is 0 Å². The van der Waals surface area contributed by atoms with Crippen LogP contribution in [0, 0.1) is 5.92 Å². The van der Waals surface area contributed by atoms with E-state index >= 15 is 0 Å². The molecule has 1 aliphatic carbocycles. The van der Waals surface area contributed by atoms with E-state index in [1.165, 1.54) is 17.5 Å². The summed E-state index contributed by atoms with van der Waals surface area (Å²) in [4.78, 5) is 0. The maximum atomic E-state index is 5.82. The van der Waals surface area contributed by atoms with Gasteiger partial charge in [-0.25, -0.2) is 0 Å². The SMILES string of the molecule is CC1Cc2cn(C(C)C)cc2C1CN. The molecule has 1 heterocycles. The van der Waals surface area contributed by atoms with Gasteiger partial charge in [-0.15, -0.1) is 0 Å². The predicted octanol–water partition coefficient (Wildman–Crippen LogP) is 2.30. The first kappa shape index (κ1) is 9.78. The third-order valence-corrected chi connectivity index (χ3v) is 3.44. The van der Waals surface area contributed by atoms with Crippen LogP contribution in [0.4, 0.5) is 0 Å². The molecule has 2 heteroatoms. The molecule has 0 radical (unpaired) electrons. The van der Waals surface area contributed by atoms with Gasteiger partial charge in [-0.1, -0.05) is 6.92 Å². The molecule has 2 unspecified atom stereocenters. The average Bonchev–Trinajstić information content (AvgIpc) is 2.60. The molecule has 0 amide bonds. The molecule has 1 aromatic rings. The average molecular weight is 192 g/mol. The molecule has 78 valence electrons. The molecule has 2 atom stereocenters. The standard InChI is InChI=1S/C12H20N2/c1-8(2)14-6-10-4-9(3)11(5-13)12(10)7-14/h6-9,11H,4-5,13H2,1-3H3. The lowest BCUT2D eigenvalue weighted by Crippen LogP contribution is -2.15. The van der Waals surface area contributed by atoms with Gasteiger partial charge in [-0.05, 0) is 43.9 Å². The predicted molar refractivity (Wildman–Crippen MR) is 59.5 cm³/mol. The molecule has 0 spiro atoms. The first-order chi connectivity index (χ1) is 6.63. The molecule has 2 nitrogen and oxygen atoms in total. The Morgan fingerprint density at radius 3 is 2.79 bits per heavy atom. The Morgan fingerprint density at radius 2 is 2.21 bits per heavy atom. The van der Waals surface area contributed by atoms with Crippen LogP contribution >= 0.6 is 0 Å². The maximum Gasteiger partial charge on any atom is 0.0274 e. The highest BCUT2D eigenvalue weighted by atomic mass is 15.0. The van der Waals surface area contributed by atoms with Crippen LogP contribution in [-0.2, 0) is 6.42 Å². The third kappa shape index (κ3) is 1.38. The Kier molecular flexibility index (Phi) is 2.40. The van der Waals surface area contributed by atoms with E-state index in [4.69, 9.17) is 5.73 Å². The van der Waals surface area contributed by atoms with E-state index in [0.29, 0.717) is 12.0 Å². The lowest BCUT2D eigenvalue weighted by Gasteiger charge is -2.14. The number of hydrogen-bond donors (Lipinski definition) is 1. The number of nitrogens with zero attached hydrogens (tertiary/aromatic N) is 1. The monoisotopic (exact) mass is 192 g/mol. The number of rotatable bonds is 2. The molecule has 0 saturated carbocycles. The summed E-state index contributed by atoms with van der Waals surface area (Å²) in [7, 11) is 0. The van der Waals surface area contributed by atoms with Gasteiger partial charge in [0.1, 0.15) is 0 Å². The topological polar surface area (TPSA) is 30.9 Å². The van der Waals surface area contributed by atoms with Crippen LogP contribution < -0.4 is 5.73 Å². The van der Waals surface area contributed by atoms with Crippen molar-refractivity contribution >= 4 is 0 Å². The smallest absolute Gasteiger partial charge is 0.0274 e. The van der Waals surface area contributed by atoms with Gasteiger partial charge in [-0.3, -0.25) is 0 Å². The van der Waals surface area contributed by atoms with E-state index in [2.05, 4.69) is 37.7 Å². The summed E-state index contributed by atoms with van der Waals surface area (Å²) in [6.07, 6.45) is 5.80. The fourth-order valence-electron chi connectivity index (χ4n) is 2.49. The molecule has 1 aromatic heterocycles. The summed E-state index contributed by atoms with van der Waals surface area (Å²) in [5.74, 6) is 1.32. The summed E-state index contributed by atoms with van der Waals surface area (Å²) in [6, 6.07) is 0.564. The summed E-state index contributed by atoms with van der Waals surface area (Å²) >= 11 is 0. The van der Waals surface area contributed by atoms with Crippen LogP contribution in [0.5, 0.6) is 0 Å². The summed E-state index contributed by atoms with van der Waals surface area (Å²) in [5, 5.41) is 0. The van der Waals surface area contributed by atoms with Gasteiger partial charge < -0.3 is 10.3 Å². The Bertz CT molecular complexity index is 325. The normalized spacial score (nSPS) is 25.8. The quantitative estimate of drug-likeness (QED) is 0.766. The Balaban J connectivity index is 2.33. The Morgan fingerprint density at radius 1 is 1.50 bits per heavy atom. The van der Waals surface area contributed by atoms with Crippen LogP contribution in [0.2, 0.25) is 0 Å². The van der Waals surface area contributed by atoms with Crippen molar-refractivity contribution in [3.8, 4) is 0 Å². The van der Waals surface area contributed by atoms with Crippen molar-refractivity contribution in [2.24, 2.45) is 11.7 Å². The van der Waals surface area contributed by atoms with Crippen LogP contribution in [0.25, 0.3) is 0 Å². The molecule has 0 aliphatic heterocycles. The maximum absolute atomic E-state index is 5.82. The van der Waals surface area contributed by atoms with Gasteiger partial charge in [0, 0.05) is 24.4 Å². The highest BCUT2D eigenvalue weighted by molar-refractivity contribution is 5.35. The van der Waals surface area contributed by atoms with E-state index in [1.54, 1.807) is 0 Å². The molecular formula is C12H20N2. The number of aromatic nitrogens is 1. The van der Waals surface area contributed by atoms with Crippen molar-refractivity contribution in [3.05, 3.63) is 23.5 Å². The van der Waals surface area contributed by atoms with E-state index < -0.39 is 0 Å². The highest BCUT2D eigenvalue weighted by Crippen LogP contribution is 2.38. The largest absolute Gasteiger partial charge is 0.351 e.